The van der Waals surface area contributed by atoms with Crippen LogP contribution in [0.1, 0.15) is 15.9 Å². The Morgan fingerprint density at radius 3 is 2.59 bits per heavy atom. The summed E-state index contributed by atoms with van der Waals surface area (Å²) in [7, 11) is 1.59. The van der Waals surface area contributed by atoms with Gasteiger partial charge in [0, 0.05) is 0 Å². The van der Waals surface area contributed by atoms with Crippen molar-refractivity contribution in [3.63, 3.8) is 0 Å². The van der Waals surface area contributed by atoms with Crippen molar-refractivity contribution in [3.8, 4) is 11.5 Å². The number of nitrogens with one attached hydrogen (secondary N) is 1. The van der Waals surface area contributed by atoms with Gasteiger partial charge < -0.3 is 14.2 Å². The average molecular weight is 449 g/mol. The molecule has 1 aromatic heterocycles. The summed E-state index contributed by atoms with van der Waals surface area (Å²) >= 11 is 1.31. The molecule has 0 atom stereocenters. The van der Waals surface area contributed by atoms with Crippen molar-refractivity contribution in [1.29, 1.82) is 0 Å². The second kappa shape index (κ2) is 9.93. The zero-order chi connectivity index (χ0) is 22.3. The van der Waals surface area contributed by atoms with E-state index in [-0.39, 0.29) is 5.56 Å². The SMILES string of the molecule is COc1ccc2nc(NC(=O)COC(=O)c3ccccc3OCc3ccccc3)sc2c1. The lowest BCUT2D eigenvalue weighted by atomic mass is 10.2. The minimum absolute atomic E-state index is 0.253. The third-order valence-corrected chi connectivity index (χ3v) is 5.45. The van der Waals surface area contributed by atoms with Crippen LogP contribution in [0.3, 0.4) is 0 Å². The van der Waals surface area contributed by atoms with E-state index in [0.29, 0.717) is 23.2 Å². The number of fused-ring (bicyclic) bond motifs is 1. The van der Waals surface area contributed by atoms with Crippen LogP contribution in [0.15, 0.2) is 72.8 Å². The van der Waals surface area contributed by atoms with Crippen LogP contribution in [0.5, 0.6) is 11.5 Å². The Hall–Kier alpha value is -3.91. The first-order chi connectivity index (χ1) is 15.6. The van der Waals surface area contributed by atoms with Gasteiger partial charge in [0.05, 0.1) is 17.3 Å². The summed E-state index contributed by atoms with van der Waals surface area (Å²) in [5.74, 6) is -0.0205. The van der Waals surface area contributed by atoms with E-state index in [1.807, 2.05) is 42.5 Å². The average Bonchev–Trinajstić information content (AvgIpc) is 3.23. The molecule has 0 saturated heterocycles. The van der Waals surface area contributed by atoms with E-state index < -0.39 is 18.5 Å². The van der Waals surface area contributed by atoms with E-state index >= 15 is 0 Å². The van der Waals surface area contributed by atoms with E-state index in [9.17, 15) is 9.59 Å². The second-order valence-electron chi connectivity index (χ2n) is 6.75. The number of ether oxygens (including phenoxy) is 3. The quantitative estimate of drug-likeness (QED) is 0.394. The summed E-state index contributed by atoms with van der Waals surface area (Å²) in [5, 5.41) is 3.07. The molecule has 0 aliphatic rings. The standard InChI is InChI=1S/C24H20N2O5S/c1-29-17-11-12-19-21(13-17)32-24(25-19)26-22(27)15-31-23(28)18-9-5-6-10-20(18)30-14-16-7-3-2-4-8-16/h2-13H,14-15H2,1H3,(H,25,26,27). The number of hydrogen-bond donors (Lipinski definition) is 1. The maximum atomic E-state index is 12.5. The van der Waals surface area contributed by atoms with Crippen LogP contribution in [0.4, 0.5) is 5.13 Å². The van der Waals surface area contributed by atoms with Gasteiger partial charge in [-0.25, -0.2) is 9.78 Å². The molecule has 1 N–H and O–H groups in total. The molecule has 162 valence electrons. The Morgan fingerprint density at radius 1 is 1.00 bits per heavy atom. The van der Waals surface area contributed by atoms with Gasteiger partial charge in [-0.1, -0.05) is 53.8 Å². The fourth-order valence-corrected chi connectivity index (χ4v) is 3.86. The van der Waals surface area contributed by atoms with Crippen molar-refractivity contribution in [3.05, 3.63) is 83.9 Å². The first-order valence-electron chi connectivity index (χ1n) is 9.79. The number of methoxy groups -OCH3 is 1. The summed E-state index contributed by atoms with van der Waals surface area (Å²) in [6.07, 6.45) is 0. The molecule has 0 aliphatic carbocycles. The van der Waals surface area contributed by atoms with Crippen molar-refractivity contribution in [2.75, 3.05) is 19.0 Å². The minimum atomic E-state index is -0.641. The normalized spacial score (nSPS) is 10.5. The number of para-hydroxylation sites is 1. The molecule has 0 saturated carbocycles. The molecule has 0 aliphatic heterocycles. The smallest absolute Gasteiger partial charge is 0.342 e. The van der Waals surface area contributed by atoms with Gasteiger partial charge in [-0.05, 0) is 35.9 Å². The molecular formula is C24H20N2O5S. The molecule has 0 spiro atoms. The fourth-order valence-electron chi connectivity index (χ4n) is 2.95. The van der Waals surface area contributed by atoms with E-state index in [0.717, 1.165) is 15.8 Å². The predicted molar refractivity (Wildman–Crippen MR) is 122 cm³/mol. The fraction of sp³-hybridized carbons (Fsp3) is 0.125. The van der Waals surface area contributed by atoms with Crippen LogP contribution < -0.4 is 14.8 Å². The van der Waals surface area contributed by atoms with Crippen molar-refractivity contribution >= 4 is 38.6 Å². The monoisotopic (exact) mass is 448 g/mol. The molecule has 7 nitrogen and oxygen atoms in total. The Morgan fingerprint density at radius 2 is 1.78 bits per heavy atom. The first-order valence-corrected chi connectivity index (χ1v) is 10.6. The van der Waals surface area contributed by atoms with Gasteiger partial charge in [-0.2, -0.15) is 0 Å². The molecule has 1 heterocycles. The lowest BCUT2D eigenvalue weighted by molar-refractivity contribution is -0.119. The maximum absolute atomic E-state index is 12.5. The number of amides is 1. The second-order valence-corrected chi connectivity index (χ2v) is 7.78. The van der Waals surface area contributed by atoms with E-state index in [4.69, 9.17) is 14.2 Å². The number of nitrogens with zero attached hydrogens (tertiary/aromatic N) is 1. The molecule has 0 unspecified atom stereocenters. The molecule has 0 bridgehead atoms. The van der Waals surface area contributed by atoms with E-state index in [1.165, 1.54) is 11.3 Å². The Kier molecular flexibility index (Phi) is 6.62. The highest BCUT2D eigenvalue weighted by molar-refractivity contribution is 7.22. The first kappa shape index (κ1) is 21.3. The summed E-state index contributed by atoms with van der Waals surface area (Å²) in [4.78, 5) is 29.2. The molecule has 32 heavy (non-hydrogen) atoms. The molecule has 4 aromatic rings. The van der Waals surface area contributed by atoms with Crippen molar-refractivity contribution in [2.45, 2.75) is 6.61 Å². The number of benzene rings is 3. The molecule has 3 aromatic carbocycles. The summed E-state index contributed by atoms with van der Waals surface area (Å²) in [6.45, 7) is -0.126. The Balaban J connectivity index is 1.35. The molecular weight excluding hydrogens is 428 g/mol. The van der Waals surface area contributed by atoms with Gasteiger partial charge in [0.15, 0.2) is 11.7 Å². The molecule has 1 amide bonds. The van der Waals surface area contributed by atoms with Crippen LogP contribution in [-0.2, 0) is 16.1 Å². The van der Waals surface area contributed by atoms with Gasteiger partial charge in [-0.3, -0.25) is 10.1 Å². The zero-order valence-electron chi connectivity index (χ0n) is 17.2. The van der Waals surface area contributed by atoms with Gasteiger partial charge in [0.2, 0.25) is 0 Å². The zero-order valence-corrected chi connectivity index (χ0v) is 18.1. The highest BCUT2D eigenvalue weighted by atomic mass is 32.1. The van der Waals surface area contributed by atoms with Crippen molar-refractivity contribution in [1.82, 2.24) is 4.98 Å². The van der Waals surface area contributed by atoms with Gasteiger partial charge in [-0.15, -0.1) is 0 Å². The molecule has 8 heteroatoms. The highest BCUT2D eigenvalue weighted by Gasteiger charge is 2.16. The van der Waals surface area contributed by atoms with Crippen molar-refractivity contribution in [2.24, 2.45) is 0 Å². The van der Waals surface area contributed by atoms with Crippen LogP contribution >= 0.6 is 11.3 Å². The van der Waals surface area contributed by atoms with E-state index in [1.54, 1.807) is 37.4 Å². The minimum Gasteiger partial charge on any atom is -0.497 e. The number of hydrogen-bond acceptors (Lipinski definition) is 7. The Bertz CT molecular complexity index is 1240. The maximum Gasteiger partial charge on any atom is 0.342 e. The number of thiazole rings is 1. The molecule has 0 fully saturated rings. The summed E-state index contributed by atoms with van der Waals surface area (Å²) < 4.78 is 17.0. The Labute approximate surface area is 188 Å². The summed E-state index contributed by atoms with van der Waals surface area (Å²) in [5.41, 5.74) is 1.97. The van der Waals surface area contributed by atoms with Crippen LogP contribution in [0, 0.1) is 0 Å². The van der Waals surface area contributed by atoms with Gasteiger partial charge in [0.25, 0.3) is 5.91 Å². The third kappa shape index (κ3) is 5.22. The number of carbonyl (C=O) groups excluding carboxylic acids is 2. The van der Waals surface area contributed by atoms with Crippen molar-refractivity contribution < 1.29 is 23.8 Å². The number of aromatic nitrogens is 1. The van der Waals surface area contributed by atoms with Gasteiger partial charge >= 0.3 is 5.97 Å². The number of carbonyl (C=O) groups is 2. The lowest BCUT2D eigenvalue weighted by Gasteiger charge is -2.11. The number of rotatable bonds is 8. The van der Waals surface area contributed by atoms with Gasteiger partial charge in [0.1, 0.15) is 23.7 Å². The predicted octanol–water partition coefficient (Wildman–Crippen LogP) is 4.68. The number of esters is 1. The lowest BCUT2D eigenvalue weighted by Crippen LogP contribution is -2.21. The van der Waals surface area contributed by atoms with Crippen LogP contribution in [0.25, 0.3) is 10.2 Å². The van der Waals surface area contributed by atoms with E-state index in [2.05, 4.69) is 10.3 Å². The molecule has 0 radical (unpaired) electrons. The molecule has 4 rings (SSSR count). The third-order valence-electron chi connectivity index (χ3n) is 4.52. The van der Waals surface area contributed by atoms with Crippen LogP contribution in [0.2, 0.25) is 0 Å². The highest BCUT2D eigenvalue weighted by Crippen LogP contribution is 2.29. The van der Waals surface area contributed by atoms with Crippen LogP contribution in [-0.4, -0.2) is 30.6 Å². The topological polar surface area (TPSA) is 86.8 Å². The largest absolute Gasteiger partial charge is 0.497 e. The summed E-state index contributed by atoms with van der Waals surface area (Å²) in [6, 6.07) is 21.8. The number of anilines is 1.